The Bertz CT molecular complexity index is 2210. The third kappa shape index (κ3) is 6.14. The van der Waals surface area contributed by atoms with Crippen LogP contribution >= 0.6 is 0 Å². The zero-order valence-electron chi connectivity index (χ0n) is 28.2. The molecule has 0 aliphatic carbocycles. The van der Waals surface area contributed by atoms with Crippen LogP contribution in [0.4, 0.5) is 8.78 Å². The first-order valence-electron chi connectivity index (χ1n) is 16.4. The molecule has 0 spiro atoms. The van der Waals surface area contributed by atoms with Gasteiger partial charge in [-0.05, 0) is 73.3 Å². The van der Waals surface area contributed by atoms with E-state index in [0.717, 1.165) is 54.8 Å². The number of methoxy groups -OCH3 is 1. The number of H-pyrrole nitrogens is 1. The van der Waals surface area contributed by atoms with Gasteiger partial charge >= 0.3 is 0 Å². The molecule has 5 aromatic rings. The fourth-order valence-corrected chi connectivity index (χ4v) is 8.30. The second-order valence-corrected chi connectivity index (χ2v) is 15.0. The maximum Gasteiger partial charge on any atom is 0.259 e. The Labute approximate surface area is 289 Å². The van der Waals surface area contributed by atoms with E-state index in [1.807, 2.05) is 32.2 Å². The summed E-state index contributed by atoms with van der Waals surface area (Å²) >= 11 is 0. The average Bonchev–Trinajstić information content (AvgIpc) is 3.77. The summed E-state index contributed by atoms with van der Waals surface area (Å²) in [6.45, 7) is 4.81. The minimum absolute atomic E-state index is 0.0476. The van der Waals surface area contributed by atoms with Crippen LogP contribution < -0.4 is 4.74 Å². The van der Waals surface area contributed by atoms with Crippen molar-refractivity contribution in [3.05, 3.63) is 88.7 Å². The fraction of sp³-hybridized carbons (Fsp3) is 0.324. The molecule has 0 saturated carbocycles. The first kappa shape index (κ1) is 33.8. The molecule has 2 aromatic heterocycles. The van der Waals surface area contributed by atoms with Gasteiger partial charge in [0.05, 0.1) is 24.8 Å². The third-order valence-corrected chi connectivity index (χ3v) is 11.2. The largest absolute Gasteiger partial charge is 0.496 e. The first-order chi connectivity index (χ1) is 23.9. The van der Waals surface area contributed by atoms with Crippen molar-refractivity contribution < 1.29 is 31.5 Å². The van der Waals surface area contributed by atoms with Crippen LogP contribution in [0.15, 0.2) is 64.8 Å². The summed E-state index contributed by atoms with van der Waals surface area (Å²) < 4.78 is 70.8. The summed E-state index contributed by atoms with van der Waals surface area (Å²) in [6.07, 6.45) is 4.19. The highest BCUT2D eigenvalue weighted by Crippen LogP contribution is 2.38. The molecule has 1 N–H and O–H groups in total. The normalized spacial score (nSPS) is 16.5. The number of nitrogens with one attached hydrogen (secondary N) is 1. The number of rotatable bonds is 8. The molecule has 260 valence electrons. The molecule has 0 bridgehead atoms. The van der Waals surface area contributed by atoms with Gasteiger partial charge in [-0.25, -0.2) is 27.2 Å². The van der Waals surface area contributed by atoms with E-state index >= 15 is 8.78 Å². The van der Waals surface area contributed by atoms with Gasteiger partial charge in [0.15, 0.2) is 10.7 Å². The van der Waals surface area contributed by atoms with Gasteiger partial charge in [0.1, 0.15) is 28.5 Å². The number of carbonyl (C=O) groups is 1. The summed E-state index contributed by atoms with van der Waals surface area (Å²) in [5.41, 5.74) is 4.07. The summed E-state index contributed by atoms with van der Waals surface area (Å²) in [5, 5.41) is -0.325. The Morgan fingerprint density at radius 3 is 2.60 bits per heavy atom. The van der Waals surface area contributed by atoms with E-state index in [-0.39, 0.29) is 38.1 Å². The van der Waals surface area contributed by atoms with Crippen molar-refractivity contribution in [2.45, 2.75) is 36.2 Å². The molecule has 1 amide bonds. The summed E-state index contributed by atoms with van der Waals surface area (Å²) in [4.78, 5) is 28.3. The van der Waals surface area contributed by atoms with Crippen LogP contribution in [0.2, 0.25) is 0 Å². The van der Waals surface area contributed by atoms with Crippen LogP contribution in [0.1, 0.15) is 33.5 Å². The van der Waals surface area contributed by atoms with Crippen molar-refractivity contribution in [3.8, 4) is 28.0 Å². The molecule has 1 atom stereocenters. The van der Waals surface area contributed by atoms with Gasteiger partial charge in [0, 0.05) is 62.1 Å². The predicted octanol–water partition coefficient (Wildman–Crippen LogP) is 5.82. The lowest BCUT2D eigenvalue weighted by Crippen LogP contribution is -2.33. The van der Waals surface area contributed by atoms with E-state index in [9.17, 15) is 13.2 Å². The SMILES string of the molecule is COc1cc(-c2ccc(C)cc2S(=O)(=O)c2cnc3[nH]cc(-c4cc(F)c(C(=O)N(C)CC5CCOC5)c(F)c4)c3n2)cc2c1CN(C)CC2. The zero-order chi connectivity index (χ0) is 35.3. The molecular formula is C37H37F2N5O5S. The maximum absolute atomic E-state index is 15.5. The Morgan fingerprint density at radius 2 is 1.88 bits per heavy atom. The highest BCUT2D eigenvalue weighted by Gasteiger charge is 2.29. The molecule has 3 aromatic carbocycles. The van der Waals surface area contributed by atoms with E-state index in [1.54, 1.807) is 19.2 Å². The standard InChI is InChI=1S/C37H37F2N5O5S/c1-21-5-6-26(24-12-23-7-9-43(2)19-28(23)31(15-24)48-4)32(11-21)50(46,47)33-17-41-36-35(42-33)27(16-40-36)25-13-29(38)34(30(39)14-25)37(45)44(3)18-22-8-10-49-20-22/h5-6,11-17,22H,7-10,18-20H2,1-4H3,(H,40,41). The van der Waals surface area contributed by atoms with Crippen molar-refractivity contribution in [1.82, 2.24) is 24.8 Å². The molecule has 7 rings (SSSR count). The van der Waals surface area contributed by atoms with Gasteiger partial charge in [-0.2, -0.15) is 0 Å². The van der Waals surface area contributed by atoms with E-state index in [4.69, 9.17) is 9.47 Å². The van der Waals surface area contributed by atoms with Crippen LogP contribution in [-0.4, -0.2) is 86.6 Å². The van der Waals surface area contributed by atoms with Gasteiger partial charge in [0.2, 0.25) is 9.84 Å². The quantitative estimate of drug-likeness (QED) is 0.215. The number of likely N-dealkylation sites (N-methyl/N-ethyl adjacent to an activating group) is 1. The molecule has 10 nitrogen and oxygen atoms in total. The number of aryl methyl sites for hydroxylation is 1. The van der Waals surface area contributed by atoms with Gasteiger partial charge in [-0.1, -0.05) is 18.2 Å². The van der Waals surface area contributed by atoms with Gasteiger partial charge < -0.3 is 24.3 Å². The third-order valence-electron chi connectivity index (χ3n) is 9.55. The van der Waals surface area contributed by atoms with E-state index in [2.05, 4.69) is 19.9 Å². The highest BCUT2D eigenvalue weighted by molar-refractivity contribution is 7.91. The molecule has 1 saturated heterocycles. The van der Waals surface area contributed by atoms with Crippen LogP contribution in [0.3, 0.4) is 0 Å². The van der Waals surface area contributed by atoms with E-state index in [0.29, 0.717) is 36.6 Å². The average molecular weight is 702 g/mol. The lowest BCUT2D eigenvalue weighted by Gasteiger charge is -2.27. The van der Waals surface area contributed by atoms with Crippen molar-refractivity contribution in [2.75, 3.05) is 47.5 Å². The number of sulfone groups is 1. The number of fused-ring (bicyclic) bond motifs is 2. The zero-order valence-corrected chi connectivity index (χ0v) is 29.0. The summed E-state index contributed by atoms with van der Waals surface area (Å²) in [7, 11) is 0.902. The van der Waals surface area contributed by atoms with Crippen LogP contribution in [-0.2, 0) is 27.5 Å². The van der Waals surface area contributed by atoms with Crippen LogP contribution in [0, 0.1) is 24.5 Å². The highest BCUT2D eigenvalue weighted by atomic mass is 32.2. The number of aromatic nitrogens is 3. The monoisotopic (exact) mass is 701 g/mol. The number of carbonyl (C=O) groups excluding carboxylic acids is 1. The predicted molar refractivity (Wildman–Crippen MR) is 184 cm³/mol. The number of aromatic amines is 1. The molecular weight excluding hydrogens is 664 g/mol. The van der Waals surface area contributed by atoms with E-state index < -0.39 is 32.9 Å². The van der Waals surface area contributed by atoms with Gasteiger partial charge in [-0.3, -0.25) is 4.79 Å². The van der Waals surface area contributed by atoms with Gasteiger partial charge in [0.25, 0.3) is 5.91 Å². The van der Waals surface area contributed by atoms with Crippen molar-refractivity contribution >= 4 is 26.9 Å². The lowest BCUT2D eigenvalue weighted by molar-refractivity contribution is 0.0756. The molecule has 2 aliphatic heterocycles. The maximum atomic E-state index is 15.5. The summed E-state index contributed by atoms with van der Waals surface area (Å²) in [6, 6.07) is 11.2. The summed E-state index contributed by atoms with van der Waals surface area (Å²) in [5.74, 6) is -2.07. The van der Waals surface area contributed by atoms with Crippen molar-refractivity contribution in [1.29, 1.82) is 0 Å². The Kier molecular flexibility index (Phi) is 8.91. The number of hydrogen-bond acceptors (Lipinski definition) is 8. The minimum atomic E-state index is -4.26. The number of hydrogen-bond donors (Lipinski definition) is 1. The second-order valence-electron chi connectivity index (χ2n) is 13.1. The number of amides is 1. The van der Waals surface area contributed by atoms with Gasteiger partial charge in [-0.15, -0.1) is 0 Å². The molecule has 4 heterocycles. The number of nitrogens with zero attached hydrogens (tertiary/aromatic N) is 4. The first-order valence-corrected chi connectivity index (χ1v) is 17.8. The van der Waals surface area contributed by atoms with E-state index in [1.165, 1.54) is 24.3 Å². The molecule has 2 aliphatic rings. The topological polar surface area (TPSA) is 118 Å². The lowest BCUT2D eigenvalue weighted by atomic mass is 9.93. The molecule has 50 heavy (non-hydrogen) atoms. The van der Waals surface area contributed by atoms with Crippen molar-refractivity contribution in [2.24, 2.45) is 5.92 Å². The molecule has 0 radical (unpaired) electrons. The number of halogens is 2. The fourth-order valence-electron chi connectivity index (χ4n) is 6.85. The number of ether oxygens (including phenoxy) is 2. The molecule has 1 fully saturated rings. The molecule has 13 heteroatoms. The Morgan fingerprint density at radius 1 is 1.12 bits per heavy atom. The molecule has 1 unspecified atom stereocenters. The second kappa shape index (κ2) is 13.2. The minimum Gasteiger partial charge on any atom is -0.496 e. The van der Waals surface area contributed by atoms with Crippen LogP contribution in [0.5, 0.6) is 5.75 Å². The Balaban J connectivity index is 1.26. The number of benzene rings is 3. The van der Waals surface area contributed by atoms with Crippen molar-refractivity contribution in [3.63, 3.8) is 0 Å². The smallest absolute Gasteiger partial charge is 0.259 e. The van der Waals surface area contributed by atoms with Crippen LogP contribution in [0.25, 0.3) is 33.4 Å². The Hall–Kier alpha value is -4.72.